The minimum Gasteiger partial charge on any atom is -0.377 e. The van der Waals surface area contributed by atoms with Crippen LogP contribution in [-0.2, 0) is 9.53 Å². The van der Waals surface area contributed by atoms with Gasteiger partial charge in [-0.05, 0) is 26.7 Å². The molecule has 0 atom stereocenters. The lowest BCUT2D eigenvalue weighted by Gasteiger charge is -1.99. The predicted octanol–water partition coefficient (Wildman–Crippen LogP) is 2.34. The maximum absolute atomic E-state index is 9.93. The highest BCUT2D eigenvalue weighted by molar-refractivity contribution is 5.48. The van der Waals surface area contributed by atoms with E-state index in [0.717, 1.165) is 25.7 Å². The van der Waals surface area contributed by atoms with Crippen LogP contribution >= 0.6 is 0 Å². The molecule has 0 fully saturated rings. The molecule has 12 heavy (non-hydrogen) atoms. The molecule has 2 nitrogen and oxygen atoms in total. The lowest BCUT2D eigenvalue weighted by molar-refractivity contribution is -0.107. The Labute approximate surface area is 74.6 Å². The monoisotopic (exact) mass is 170 g/mol. The molecule has 0 aliphatic rings. The Morgan fingerprint density at radius 1 is 1.33 bits per heavy atom. The van der Waals surface area contributed by atoms with Gasteiger partial charge < -0.3 is 9.53 Å². The maximum Gasteiger partial charge on any atom is 0.119 e. The molecule has 0 unspecified atom stereocenters. The van der Waals surface area contributed by atoms with Crippen molar-refractivity contribution in [1.29, 1.82) is 0 Å². The molecule has 0 saturated heterocycles. The highest BCUT2D eigenvalue weighted by atomic mass is 16.5. The van der Waals surface area contributed by atoms with E-state index in [1.165, 1.54) is 5.57 Å². The fourth-order valence-electron chi connectivity index (χ4n) is 0.741. The standard InChI is InChI=1S/C10H18O2/c1-10(2)6-9-12-8-5-3-4-7-11/h6-7H,3-5,8-9H2,1-2H3. The van der Waals surface area contributed by atoms with E-state index in [1.807, 2.05) is 0 Å². The molecule has 0 aromatic rings. The minimum absolute atomic E-state index is 0.659. The molecule has 0 spiro atoms. The number of hydrogen-bond acceptors (Lipinski definition) is 2. The summed E-state index contributed by atoms with van der Waals surface area (Å²) in [7, 11) is 0. The Kier molecular flexibility index (Phi) is 8.02. The summed E-state index contributed by atoms with van der Waals surface area (Å²) in [5, 5.41) is 0. The zero-order valence-corrected chi connectivity index (χ0v) is 8.01. The summed E-state index contributed by atoms with van der Waals surface area (Å²) in [4.78, 5) is 9.93. The highest BCUT2D eigenvalue weighted by Gasteiger charge is 1.87. The van der Waals surface area contributed by atoms with E-state index in [0.29, 0.717) is 13.0 Å². The van der Waals surface area contributed by atoms with Gasteiger partial charge >= 0.3 is 0 Å². The molecule has 0 heterocycles. The number of allylic oxidation sites excluding steroid dienone is 1. The molecule has 0 radical (unpaired) electrons. The molecule has 0 aliphatic carbocycles. The third-order valence-corrected chi connectivity index (χ3v) is 1.47. The van der Waals surface area contributed by atoms with Crippen molar-refractivity contribution < 1.29 is 9.53 Å². The van der Waals surface area contributed by atoms with Crippen LogP contribution in [0.5, 0.6) is 0 Å². The van der Waals surface area contributed by atoms with Crippen molar-refractivity contribution in [2.24, 2.45) is 0 Å². The van der Waals surface area contributed by atoms with Crippen molar-refractivity contribution in [3.8, 4) is 0 Å². The SMILES string of the molecule is CC(C)=CCOCCCCC=O. The fraction of sp³-hybridized carbons (Fsp3) is 0.700. The zero-order valence-electron chi connectivity index (χ0n) is 8.01. The van der Waals surface area contributed by atoms with Gasteiger partial charge in [0, 0.05) is 13.0 Å². The molecular weight excluding hydrogens is 152 g/mol. The average Bonchev–Trinajstić information content (AvgIpc) is 2.02. The van der Waals surface area contributed by atoms with Gasteiger partial charge in [-0.2, -0.15) is 0 Å². The van der Waals surface area contributed by atoms with Gasteiger partial charge in [0.1, 0.15) is 6.29 Å². The lowest BCUT2D eigenvalue weighted by Crippen LogP contribution is -1.94. The van der Waals surface area contributed by atoms with Crippen LogP contribution in [0.1, 0.15) is 33.1 Å². The van der Waals surface area contributed by atoms with Crippen LogP contribution in [0.15, 0.2) is 11.6 Å². The first-order valence-corrected chi connectivity index (χ1v) is 4.42. The Bertz CT molecular complexity index is 135. The van der Waals surface area contributed by atoms with Crippen LogP contribution < -0.4 is 0 Å². The first-order valence-electron chi connectivity index (χ1n) is 4.42. The van der Waals surface area contributed by atoms with Gasteiger partial charge in [0.25, 0.3) is 0 Å². The Balaban J connectivity index is 3.00. The van der Waals surface area contributed by atoms with Crippen LogP contribution in [0.25, 0.3) is 0 Å². The van der Waals surface area contributed by atoms with Crippen molar-refractivity contribution in [3.63, 3.8) is 0 Å². The number of rotatable bonds is 7. The number of aldehydes is 1. The summed E-state index contributed by atoms with van der Waals surface area (Å²) in [5.74, 6) is 0. The summed E-state index contributed by atoms with van der Waals surface area (Å²) >= 11 is 0. The smallest absolute Gasteiger partial charge is 0.119 e. The van der Waals surface area contributed by atoms with Gasteiger partial charge in [0.15, 0.2) is 0 Å². The number of carbonyl (C=O) groups is 1. The molecule has 0 aromatic heterocycles. The Hall–Kier alpha value is -0.630. The normalized spacial score (nSPS) is 9.50. The molecule has 0 bridgehead atoms. The van der Waals surface area contributed by atoms with Crippen LogP contribution in [0.3, 0.4) is 0 Å². The average molecular weight is 170 g/mol. The Morgan fingerprint density at radius 2 is 2.08 bits per heavy atom. The summed E-state index contributed by atoms with van der Waals surface area (Å²) in [5.41, 5.74) is 1.28. The molecular formula is C10H18O2. The van der Waals surface area contributed by atoms with E-state index < -0.39 is 0 Å². The lowest BCUT2D eigenvalue weighted by atomic mass is 10.3. The largest absolute Gasteiger partial charge is 0.377 e. The molecule has 0 N–H and O–H groups in total. The minimum atomic E-state index is 0.659. The van der Waals surface area contributed by atoms with Crippen molar-refractivity contribution in [2.45, 2.75) is 33.1 Å². The van der Waals surface area contributed by atoms with Crippen LogP contribution in [-0.4, -0.2) is 19.5 Å². The number of ether oxygens (including phenoxy) is 1. The zero-order chi connectivity index (χ0) is 9.23. The van der Waals surface area contributed by atoms with Crippen molar-refractivity contribution >= 4 is 6.29 Å². The fourth-order valence-corrected chi connectivity index (χ4v) is 0.741. The number of hydrogen-bond donors (Lipinski definition) is 0. The van der Waals surface area contributed by atoms with Gasteiger partial charge in [-0.1, -0.05) is 11.6 Å². The number of carbonyl (C=O) groups excluding carboxylic acids is 1. The van der Waals surface area contributed by atoms with Gasteiger partial charge in [0.05, 0.1) is 6.61 Å². The first-order chi connectivity index (χ1) is 5.77. The van der Waals surface area contributed by atoms with E-state index in [4.69, 9.17) is 4.74 Å². The second-order valence-corrected chi connectivity index (χ2v) is 3.02. The molecule has 0 aliphatic heterocycles. The summed E-state index contributed by atoms with van der Waals surface area (Å²) in [6, 6.07) is 0. The second kappa shape index (κ2) is 8.47. The summed E-state index contributed by atoms with van der Waals surface area (Å²) in [6.45, 7) is 5.56. The van der Waals surface area contributed by atoms with Gasteiger partial charge in [-0.15, -0.1) is 0 Å². The molecule has 0 aromatic carbocycles. The van der Waals surface area contributed by atoms with E-state index in [1.54, 1.807) is 0 Å². The van der Waals surface area contributed by atoms with Crippen molar-refractivity contribution in [2.75, 3.05) is 13.2 Å². The Morgan fingerprint density at radius 3 is 2.67 bits per heavy atom. The maximum atomic E-state index is 9.93. The predicted molar refractivity (Wildman–Crippen MR) is 50.2 cm³/mol. The molecule has 0 saturated carbocycles. The van der Waals surface area contributed by atoms with Crippen molar-refractivity contribution in [3.05, 3.63) is 11.6 Å². The molecule has 0 rings (SSSR count). The highest BCUT2D eigenvalue weighted by Crippen LogP contribution is 1.94. The third kappa shape index (κ3) is 9.37. The van der Waals surface area contributed by atoms with E-state index in [-0.39, 0.29) is 0 Å². The van der Waals surface area contributed by atoms with E-state index in [2.05, 4.69) is 19.9 Å². The molecule has 0 amide bonds. The van der Waals surface area contributed by atoms with Crippen molar-refractivity contribution in [1.82, 2.24) is 0 Å². The van der Waals surface area contributed by atoms with Crippen LogP contribution in [0, 0.1) is 0 Å². The number of unbranched alkanes of at least 4 members (excludes halogenated alkanes) is 2. The first kappa shape index (κ1) is 11.4. The topological polar surface area (TPSA) is 26.3 Å². The van der Waals surface area contributed by atoms with Gasteiger partial charge in [-0.3, -0.25) is 0 Å². The quantitative estimate of drug-likeness (QED) is 0.333. The second-order valence-electron chi connectivity index (χ2n) is 3.02. The summed E-state index contributed by atoms with van der Waals surface area (Å²) in [6.07, 6.45) is 5.59. The van der Waals surface area contributed by atoms with Gasteiger partial charge in [-0.25, -0.2) is 0 Å². The third-order valence-electron chi connectivity index (χ3n) is 1.47. The van der Waals surface area contributed by atoms with E-state index >= 15 is 0 Å². The van der Waals surface area contributed by atoms with E-state index in [9.17, 15) is 4.79 Å². The van der Waals surface area contributed by atoms with Crippen LogP contribution in [0.4, 0.5) is 0 Å². The molecule has 2 heteroatoms. The van der Waals surface area contributed by atoms with Gasteiger partial charge in [0.2, 0.25) is 0 Å². The summed E-state index contributed by atoms with van der Waals surface area (Å²) < 4.78 is 5.30. The van der Waals surface area contributed by atoms with Crippen LogP contribution in [0.2, 0.25) is 0 Å². The molecule has 70 valence electrons.